The largest absolute Gasteiger partial charge is 0.451 e. The number of hydrogen-bond acceptors (Lipinski definition) is 4. The third-order valence-electron chi connectivity index (χ3n) is 5.69. The number of carbonyl (C=O) groups excluding carboxylic acids is 1. The lowest BCUT2D eigenvalue weighted by Crippen LogP contribution is -2.50. The molecule has 0 bridgehead atoms. The van der Waals surface area contributed by atoms with E-state index in [1.807, 2.05) is 24.0 Å². The van der Waals surface area contributed by atoms with E-state index < -0.39 is 0 Å². The fraction of sp³-hybridized carbons (Fsp3) is 0.571. The van der Waals surface area contributed by atoms with E-state index in [9.17, 15) is 4.79 Å². The Hall–Kier alpha value is -1.56. The zero-order valence-corrected chi connectivity index (χ0v) is 17.0. The Morgan fingerprint density at radius 1 is 1.26 bits per heavy atom. The lowest BCUT2D eigenvalue weighted by atomic mass is 10.1. The van der Waals surface area contributed by atoms with Gasteiger partial charge in [0.2, 0.25) is 0 Å². The molecule has 2 aromatic rings. The second-order valence-corrected chi connectivity index (χ2v) is 8.40. The summed E-state index contributed by atoms with van der Waals surface area (Å²) in [5.41, 5.74) is 1.59. The van der Waals surface area contributed by atoms with Crippen LogP contribution < -0.4 is 0 Å². The molecule has 3 atom stereocenters. The molecule has 1 amide bonds. The van der Waals surface area contributed by atoms with E-state index >= 15 is 0 Å². The first-order chi connectivity index (χ1) is 12.9. The van der Waals surface area contributed by atoms with Gasteiger partial charge in [0, 0.05) is 48.2 Å². The molecule has 2 saturated heterocycles. The topological polar surface area (TPSA) is 45.9 Å². The molecule has 0 N–H and O–H groups in total. The van der Waals surface area contributed by atoms with Crippen LogP contribution in [0.4, 0.5) is 0 Å². The van der Waals surface area contributed by atoms with E-state index in [-0.39, 0.29) is 24.2 Å². The second kappa shape index (κ2) is 7.46. The van der Waals surface area contributed by atoms with Crippen molar-refractivity contribution in [2.75, 3.05) is 26.2 Å². The quantitative estimate of drug-likeness (QED) is 0.791. The number of ether oxygens (including phenoxy) is 1. The smallest absolute Gasteiger partial charge is 0.290 e. The first-order valence-electron chi connectivity index (χ1n) is 9.80. The lowest BCUT2D eigenvalue weighted by Gasteiger charge is -2.38. The molecule has 6 heteroatoms. The number of aryl methyl sites for hydroxylation is 1. The summed E-state index contributed by atoms with van der Waals surface area (Å²) in [5.74, 6) is 0.444. The van der Waals surface area contributed by atoms with Crippen molar-refractivity contribution in [3.05, 3.63) is 34.5 Å². The predicted octanol–water partition coefficient (Wildman–Crippen LogP) is 4.11. The Bertz CT molecular complexity index is 839. The van der Waals surface area contributed by atoms with Gasteiger partial charge in [-0.15, -0.1) is 0 Å². The Labute approximate surface area is 165 Å². The zero-order chi connectivity index (χ0) is 19.1. The van der Waals surface area contributed by atoms with E-state index in [0.29, 0.717) is 16.4 Å². The average Bonchev–Trinajstić information content (AvgIpc) is 3.18. The van der Waals surface area contributed by atoms with Crippen LogP contribution in [0.1, 0.15) is 42.8 Å². The Morgan fingerprint density at radius 2 is 2.00 bits per heavy atom. The van der Waals surface area contributed by atoms with Crippen molar-refractivity contribution in [2.45, 2.75) is 51.9 Å². The number of likely N-dealkylation sites (tertiary alicyclic amines) is 1. The summed E-state index contributed by atoms with van der Waals surface area (Å²) in [7, 11) is 0. The fourth-order valence-electron chi connectivity index (χ4n) is 4.55. The molecule has 0 spiro atoms. The van der Waals surface area contributed by atoms with Gasteiger partial charge in [-0.3, -0.25) is 9.69 Å². The number of halogens is 1. The highest BCUT2D eigenvalue weighted by molar-refractivity contribution is 6.31. The summed E-state index contributed by atoms with van der Waals surface area (Å²) < 4.78 is 11.8. The summed E-state index contributed by atoms with van der Waals surface area (Å²) in [4.78, 5) is 17.7. The Kier molecular flexibility index (Phi) is 5.19. The highest BCUT2D eigenvalue weighted by Gasteiger charge is 2.35. The molecule has 4 rings (SSSR count). The molecular formula is C21H27ClN2O3. The maximum absolute atomic E-state index is 13.3. The minimum absolute atomic E-state index is 0.00308. The van der Waals surface area contributed by atoms with Crippen LogP contribution in [-0.4, -0.2) is 60.1 Å². The predicted molar refractivity (Wildman–Crippen MR) is 106 cm³/mol. The van der Waals surface area contributed by atoms with Gasteiger partial charge in [-0.05, 0) is 51.8 Å². The summed E-state index contributed by atoms with van der Waals surface area (Å²) in [6, 6.07) is 5.72. The van der Waals surface area contributed by atoms with Gasteiger partial charge in [-0.1, -0.05) is 11.6 Å². The monoisotopic (exact) mass is 390 g/mol. The number of hydrogen-bond donors (Lipinski definition) is 0. The number of morpholine rings is 1. The summed E-state index contributed by atoms with van der Waals surface area (Å²) in [6.07, 6.45) is 2.55. The van der Waals surface area contributed by atoms with E-state index in [2.05, 4.69) is 18.7 Å². The molecule has 0 aliphatic carbocycles. The minimum Gasteiger partial charge on any atom is -0.451 e. The molecule has 0 radical (unpaired) electrons. The third-order valence-corrected chi connectivity index (χ3v) is 5.93. The molecule has 1 aromatic heterocycles. The molecular weight excluding hydrogens is 364 g/mol. The SMILES string of the molecule is Cc1c(C(=O)N2CCC[C@@H]2CN2C[C@H](C)O[C@@H](C)C2)oc2ccc(Cl)cc12. The van der Waals surface area contributed by atoms with Crippen LogP contribution in [0.2, 0.25) is 5.02 Å². The van der Waals surface area contributed by atoms with Gasteiger partial charge in [-0.25, -0.2) is 0 Å². The van der Waals surface area contributed by atoms with Crippen molar-refractivity contribution < 1.29 is 13.9 Å². The molecule has 2 fully saturated rings. The molecule has 27 heavy (non-hydrogen) atoms. The van der Waals surface area contributed by atoms with E-state index in [1.165, 1.54) is 0 Å². The van der Waals surface area contributed by atoms with Crippen molar-refractivity contribution in [3.8, 4) is 0 Å². The zero-order valence-electron chi connectivity index (χ0n) is 16.2. The van der Waals surface area contributed by atoms with Gasteiger partial charge < -0.3 is 14.1 Å². The highest BCUT2D eigenvalue weighted by atomic mass is 35.5. The van der Waals surface area contributed by atoms with Crippen LogP contribution in [0.15, 0.2) is 22.6 Å². The van der Waals surface area contributed by atoms with Gasteiger partial charge >= 0.3 is 0 Å². The van der Waals surface area contributed by atoms with Crippen LogP contribution in [0, 0.1) is 6.92 Å². The molecule has 2 aliphatic heterocycles. The highest BCUT2D eigenvalue weighted by Crippen LogP contribution is 2.30. The Morgan fingerprint density at radius 3 is 2.74 bits per heavy atom. The van der Waals surface area contributed by atoms with Crippen molar-refractivity contribution in [3.63, 3.8) is 0 Å². The van der Waals surface area contributed by atoms with Crippen molar-refractivity contribution in [1.82, 2.24) is 9.80 Å². The number of benzene rings is 1. The van der Waals surface area contributed by atoms with Crippen LogP contribution in [0.5, 0.6) is 0 Å². The summed E-state index contributed by atoms with van der Waals surface area (Å²) >= 11 is 6.11. The number of furan rings is 1. The van der Waals surface area contributed by atoms with Crippen molar-refractivity contribution in [2.24, 2.45) is 0 Å². The van der Waals surface area contributed by atoms with E-state index in [4.69, 9.17) is 20.8 Å². The van der Waals surface area contributed by atoms with Gasteiger partial charge in [0.15, 0.2) is 5.76 Å². The normalized spacial score (nSPS) is 26.8. The first-order valence-corrected chi connectivity index (χ1v) is 10.2. The summed E-state index contributed by atoms with van der Waals surface area (Å²) in [6.45, 7) is 9.69. The van der Waals surface area contributed by atoms with Crippen LogP contribution in [-0.2, 0) is 4.74 Å². The first kappa shape index (κ1) is 18.8. The maximum Gasteiger partial charge on any atom is 0.290 e. The summed E-state index contributed by atoms with van der Waals surface area (Å²) in [5, 5.41) is 1.57. The van der Waals surface area contributed by atoms with Gasteiger partial charge in [0.05, 0.1) is 12.2 Å². The lowest BCUT2D eigenvalue weighted by molar-refractivity contribution is -0.0715. The molecule has 3 heterocycles. The molecule has 1 aromatic carbocycles. The van der Waals surface area contributed by atoms with Crippen LogP contribution >= 0.6 is 11.6 Å². The van der Waals surface area contributed by atoms with Gasteiger partial charge in [0.1, 0.15) is 5.58 Å². The van der Waals surface area contributed by atoms with E-state index in [0.717, 1.165) is 50.0 Å². The molecule has 0 unspecified atom stereocenters. The number of nitrogens with zero attached hydrogens (tertiary/aromatic N) is 2. The van der Waals surface area contributed by atoms with Gasteiger partial charge in [0.25, 0.3) is 5.91 Å². The van der Waals surface area contributed by atoms with Crippen molar-refractivity contribution >= 4 is 28.5 Å². The Balaban J connectivity index is 1.53. The number of carbonyl (C=O) groups is 1. The molecule has 5 nitrogen and oxygen atoms in total. The molecule has 2 aliphatic rings. The van der Waals surface area contributed by atoms with E-state index in [1.54, 1.807) is 6.07 Å². The third kappa shape index (κ3) is 3.73. The van der Waals surface area contributed by atoms with Gasteiger partial charge in [-0.2, -0.15) is 0 Å². The molecule has 146 valence electrons. The van der Waals surface area contributed by atoms with Crippen molar-refractivity contribution in [1.29, 1.82) is 0 Å². The standard InChI is InChI=1S/C21H27ClN2O3/c1-13-10-23(11-14(2)26-13)12-17-5-4-8-24(17)21(25)20-15(3)18-9-16(22)6-7-19(18)27-20/h6-7,9,13-14,17H,4-5,8,10-12H2,1-3H3/t13-,14-,17+/m0/s1. The molecule has 0 saturated carbocycles. The number of amides is 1. The van der Waals surface area contributed by atoms with Crippen LogP contribution in [0.25, 0.3) is 11.0 Å². The van der Waals surface area contributed by atoms with Crippen LogP contribution in [0.3, 0.4) is 0 Å². The minimum atomic E-state index is -0.00308. The maximum atomic E-state index is 13.3. The average molecular weight is 391 g/mol. The number of rotatable bonds is 3. The fourth-order valence-corrected chi connectivity index (χ4v) is 4.72. The second-order valence-electron chi connectivity index (χ2n) is 7.97. The number of fused-ring (bicyclic) bond motifs is 1.